The fourth-order valence-electron chi connectivity index (χ4n) is 4.86. The van der Waals surface area contributed by atoms with Crippen LogP contribution in [0.25, 0.3) is 11.1 Å². The Morgan fingerprint density at radius 3 is 2.42 bits per heavy atom. The highest BCUT2D eigenvalue weighted by Crippen LogP contribution is 2.37. The molecule has 2 amide bonds. The summed E-state index contributed by atoms with van der Waals surface area (Å²) in [5.41, 5.74) is 4.86. The van der Waals surface area contributed by atoms with Crippen LogP contribution in [0.15, 0.2) is 73.1 Å². The Hall–Kier alpha value is -3.47. The molecule has 0 unspecified atom stereocenters. The van der Waals surface area contributed by atoms with Gasteiger partial charge in [0.15, 0.2) is 0 Å². The number of nitrogens with zero attached hydrogens (tertiary/aromatic N) is 3. The maximum Gasteiger partial charge on any atom is 0.230 e. The molecule has 4 rings (SSSR count). The van der Waals surface area contributed by atoms with Gasteiger partial charge in [0.1, 0.15) is 0 Å². The number of hydrogen-bond donors (Lipinski definition) is 0. The van der Waals surface area contributed by atoms with Crippen LogP contribution in [0.3, 0.4) is 0 Å². The van der Waals surface area contributed by atoms with Crippen LogP contribution in [0.2, 0.25) is 0 Å². The summed E-state index contributed by atoms with van der Waals surface area (Å²) in [6, 6.07) is 20.4. The van der Waals surface area contributed by atoms with Gasteiger partial charge >= 0.3 is 0 Å². The minimum atomic E-state index is -0.609. The van der Waals surface area contributed by atoms with Crippen LogP contribution >= 0.6 is 0 Å². The number of benzene rings is 2. The first kappa shape index (κ1) is 22.7. The summed E-state index contributed by atoms with van der Waals surface area (Å²) in [6.45, 7) is 3.09. The number of aromatic nitrogens is 1. The minimum absolute atomic E-state index is 0.0829. The molecule has 0 saturated carbocycles. The van der Waals surface area contributed by atoms with Crippen molar-refractivity contribution in [1.82, 2.24) is 14.8 Å². The van der Waals surface area contributed by atoms with Crippen LogP contribution in [-0.4, -0.2) is 53.8 Å². The van der Waals surface area contributed by atoms with Crippen LogP contribution in [0.4, 0.5) is 0 Å². The molecule has 1 atom stereocenters. The Bertz CT molecular complexity index is 1140. The number of aryl methyl sites for hydroxylation is 1. The monoisotopic (exact) mass is 441 g/mol. The van der Waals surface area contributed by atoms with E-state index in [4.69, 9.17) is 0 Å². The van der Waals surface area contributed by atoms with Gasteiger partial charge in [0.2, 0.25) is 11.8 Å². The second kappa shape index (κ2) is 9.57. The molecular formula is C28H31N3O2. The highest BCUT2D eigenvalue weighted by molar-refractivity contribution is 5.86. The average Bonchev–Trinajstić information content (AvgIpc) is 3.24. The molecule has 2 heterocycles. The number of amides is 2. The van der Waals surface area contributed by atoms with Crippen molar-refractivity contribution in [3.05, 3.63) is 89.7 Å². The van der Waals surface area contributed by atoms with Crippen molar-refractivity contribution in [2.75, 3.05) is 27.2 Å². The lowest BCUT2D eigenvalue weighted by Gasteiger charge is -2.31. The fourth-order valence-corrected chi connectivity index (χ4v) is 4.86. The molecule has 0 aliphatic carbocycles. The molecule has 2 aromatic carbocycles. The zero-order valence-corrected chi connectivity index (χ0v) is 19.6. The molecule has 170 valence electrons. The Morgan fingerprint density at radius 1 is 0.970 bits per heavy atom. The predicted octanol–water partition coefficient (Wildman–Crippen LogP) is 4.15. The van der Waals surface area contributed by atoms with E-state index in [2.05, 4.69) is 29.2 Å². The number of carbonyl (C=O) groups is 2. The van der Waals surface area contributed by atoms with Crippen molar-refractivity contribution in [1.29, 1.82) is 0 Å². The van der Waals surface area contributed by atoms with E-state index in [9.17, 15) is 9.59 Å². The number of likely N-dealkylation sites (tertiary alicyclic amines) is 1. The minimum Gasteiger partial charge on any atom is -0.348 e. The van der Waals surface area contributed by atoms with E-state index in [1.54, 1.807) is 31.4 Å². The van der Waals surface area contributed by atoms with E-state index >= 15 is 0 Å². The van der Waals surface area contributed by atoms with Crippen molar-refractivity contribution in [3.63, 3.8) is 0 Å². The van der Waals surface area contributed by atoms with Gasteiger partial charge in [-0.3, -0.25) is 14.6 Å². The predicted molar refractivity (Wildman–Crippen MR) is 131 cm³/mol. The van der Waals surface area contributed by atoms with E-state index in [0.717, 1.165) is 27.8 Å². The van der Waals surface area contributed by atoms with Gasteiger partial charge < -0.3 is 9.80 Å². The molecule has 0 N–H and O–H groups in total. The highest BCUT2D eigenvalue weighted by Gasteiger charge is 2.46. The SMILES string of the molecule is Cc1cccc(CC(=O)N2CC[C@](Cc3cccc(-c4ccncc4)c3)(C(=O)N(C)C)C2)c1. The second-order valence-electron chi connectivity index (χ2n) is 9.32. The number of carbonyl (C=O) groups excluding carboxylic acids is 2. The standard InChI is InChI=1S/C28H31N3O2/c1-21-6-4-7-22(16-21)18-26(32)31-15-12-28(20-31,27(33)30(2)3)19-23-8-5-9-25(17-23)24-10-13-29-14-11-24/h4-11,13-14,16-17H,12,15,18-20H2,1-3H3/t28-/m1/s1. The van der Waals surface area contributed by atoms with Crippen LogP contribution in [0, 0.1) is 12.3 Å². The third kappa shape index (κ3) is 5.14. The molecule has 1 aliphatic heterocycles. The van der Waals surface area contributed by atoms with Crippen molar-refractivity contribution < 1.29 is 9.59 Å². The highest BCUT2D eigenvalue weighted by atomic mass is 16.2. The van der Waals surface area contributed by atoms with Gasteiger partial charge in [-0.25, -0.2) is 0 Å². The molecule has 0 spiro atoms. The molecule has 33 heavy (non-hydrogen) atoms. The first-order chi connectivity index (χ1) is 15.9. The molecule has 0 radical (unpaired) electrons. The summed E-state index contributed by atoms with van der Waals surface area (Å²) >= 11 is 0. The number of pyridine rings is 1. The van der Waals surface area contributed by atoms with Gasteiger partial charge in [0.05, 0.1) is 11.8 Å². The smallest absolute Gasteiger partial charge is 0.230 e. The average molecular weight is 442 g/mol. The Kier molecular flexibility index (Phi) is 6.59. The third-order valence-corrected chi connectivity index (χ3v) is 6.49. The topological polar surface area (TPSA) is 53.5 Å². The van der Waals surface area contributed by atoms with Gasteiger partial charge in [-0.2, -0.15) is 0 Å². The Labute approximate surface area is 196 Å². The van der Waals surface area contributed by atoms with E-state index in [1.807, 2.05) is 48.2 Å². The zero-order chi connectivity index (χ0) is 23.4. The zero-order valence-electron chi connectivity index (χ0n) is 19.6. The van der Waals surface area contributed by atoms with Gasteiger partial charge in [-0.15, -0.1) is 0 Å². The summed E-state index contributed by atoms with van der Waals surface area (Å²) in [4.78, 5) is 34.1. The fraction of sp³-hybridized carbons (Fsp3) is 0.321. The lowest BCUT2D eigenvalue weighted by atomic mass is 9.79. The summed E-state index contributed by atoms with van der Waals surface area (Å²) in [5.74, 6) is 0.169. The normalized spacial score (nSPS) is 17.7. The molecular weight excluding hydrogens is 410 g/mol. The van der Waals surface area contributed by atoms with Crippen LogP contribution in [0.5, 0.6) is 0 Å². The van der Waals surface area contributed by atoms with Crippen LogP contribution < -0.4 is 0 Å². The van der Waals surface area contributed by atoms with Gasteiger partial charge in [-0.1, -0.05) is 54.1 Å². The quantitative estimate of drug-likeness (QED) is 0.578. The molecule has 1 aromatic heterocycles. The largest absolute Gasteiger partial charge is 0.348 e. The summed E-state index contributed by atoms with van der Waals surface area (Å²) in [6.07, 6.45) is 5.22. The van der Waals surface area contributed by atoms with Gasteiger partial charge in [0, 0.05) is 39.6 Å². The lowest BCUT2D eigenvalue weighted by molar-refractivity contribution is -0.139. The van der Waals surface area contributed by atoms with E-state index in [1.165, 1.54) is 0 Å². The van der Waals surface area contributed by atoms with E-state index < -0.39 is 5.41 Å². The van der Waals surface area contributed by atoms with Crippen LogP contribution in [-0.2, 0) is 22.4 Å². The Morgan fingerprint density at radius 2 is 1.70 bits per heavy atom. The van der Waals surface area contributed by atoms with Gasteiger partial charge in [-0.05, 0) is 54.2 Å². The van der Waals surface area contributed by atoms with Crippen LogP contribution in [0.1, 0.15) is 23.1 Å². The molecule has 1 aliphatic rings. The first-order valence-corrected chi connectivity index (χ1v) is 11.4. The summed E-state index contributed by atoms with van der Waals surface area (Å²) < 4.78 is 0. The molecule has 5 heteroatoms. The second-order valence-corrected chi connectivity index (χ2v) is 9.32. The van der Waals surface area contributed by atoms with Crippen molar-refractivity contribution in [2.24, 2.45) is 5.41 Å². The lowest BCUT2D eigenvalue weighted by Crippen LogP contribution is -2.44. The molecule has 1 saturated heterocycles. The van der Waals surface area contributed by atoms with Crippen molar-refractivity contribution >= 4 is 11.8 Å². The Balaban J connectivity index is 1.55. The van der Waals surface area contributed by atoms with Gasteiger partial charge in [0.25, 0.3) is 0 Å². The first-order valence-electron chi connectivity index (χ1n) is 11.4. The van der Waals surface area contributed by atoms with E-state index in [-0.39, 0.29) is 11.8 Å². The molecule has 3 aromatic rings. The maximum absolute atomic E-state index is 13.4. The molecule has 5 nitrogen and oxygen atoms in total. The van der Waals surface area contributed by atoms with Crippen molar-refractivity contribution in [2.45, 2.75) is 26.2 Å². The molecule has 1 fully saturated rings. The summed E-state index contributed by atoms with van der Waals surface area (Å²) in [7, 11) is 3.60. The maximum atomic E-state index is 13.4. The number of hydrogen-bond acceptors (Lipinski definition) is 3. The van der Waals surface area contributed by atoms with E-state index in [0.29, 0.717) is 32.4 Å². The van der Waals surface area contributed by atoms with Crippen molar-refractivity contribution in [3.8, 4) is 11.1 Å². The molecule has 0 bridgehead atoms. The number of rotatable bonds is 6. The third-order valence-electron chi connectivity index (χ3n) is 6.49. The summed E-state index contributed by atoms with van der Waals surface area (Å²) in [5, 5.41) is 0.